The Labute approximate surface area is 94.0 Å². The first kappa shape index (κ1) is 9.87. The number of fused-ring (bicyclic) bond motifs is 1. The normalized spacial score (nSPS) is 26.1. The number of benzene rings is 1. The molecule has 16 heavy (non-hydrogen) atoms. The first-order valence-corrected chi connectivity index (χ1v) is 5.66. The van der Waals surface area contributed by atoms with Gasteiger partial charge in [-0.25, -0.2) is 0 Å². The summed E-state index contributed by atoms with van der Waals surface area (Å²) in [5, 5.41) is 11.6. The summed E-state index contributed by atoms with van der Waals surface area (Å²) < 4.78 is 5.38. The van der Waals surface area contributed by atoms with Crippen molar-refractivity contribution in [3.05, 3.63) is 36.0 Å². The molecule has 1 saturated heterocycles. The van der Waals surface area contributed by atoms with Crippen LogP contribution < -0.4 is 0 Å². The summed E-state index contributed by atoms with van der Waals surface area (Å²) in [6.45, 7) is 1.16. The van der Waals surface area contributed by atoms with Gasteiger partial charge in [0.1, 0.15) is 5.60 Å². The lowest BCUT2D eigenvalue weighted by atomic mass is 9.88. The smallest absolute Gasteiger partial charge is 0.113 e. The maximum atomic E-state index is 10.5. The zero-order valence-electron chi connectivity index (χ0n) is 9.07. The number of hydrogen-bond acceptors (Lipinski definition) is 2. The van der Waals surface area contributed by atoms with Crippen molar-refractivity contribution in [2.75, 3.05) is 13.2 Å². The zero-order valence-corrected chi connectivity index (χ0v) is 9.07. The van der Waals surface area contributed by atoms with Crippen LogP contribution >= 0.6 is 0 Å². The van der Waals surface area contributed by atoms with Crippen LogP contribution in [0.25, 0.3) is 10.9 Å². The van der Waals surface area contributed by atoms with Crippen LogP contribution in [0.3, 0.4) is 0 Å². The first-order chi connectivity index (χ1) is 7.78. The van der Waals surface area contributed by atoms with Crippen LogP contribution in [0, 0.1) is 0 Å². The van der Waals surface area contributed by atoms with E-state index in [1.54, 1.807) is 0 Å². The van der Waals surface area contributed by atoms with E-state index in [4.69, 9.17) is 4.74 Å². The van der Waals surface area contributed by atoms with Crippen LogP contribution in [0.5, 0.6) is 0 Å². The van der Waals surface area contributed by atoms with Gasteiger partial charge in [-0.1, -0.05) is 6.07 Å². The Morgan fingerprint density at radius 3 is 3.06 bits per heavy atom. The van der Waals surface area contributed by atoms with E-state index < -0.39 is 5.60 Å². The number of H-pyrrole nitrogens is 1. The largest absolute Gasteiger partial charge is 0.383 e. The number of nitrogens with one attached hydrogen (secondary N) is 1. The summed E-state index contributed by atoms with van der Waals surface area (Å²) in [5.74, 6) is 0. The molecule has 1 aliphatic rings. The van der Waals surface area contributed by atoms with Crippen LogP contribution in [0.2, 0.25) is 0 Å². The van der Waals surface area contributed by atoms with Crippen LogP contribution in [-0.2, 0) is 10.3 Å². The van der Waals surface area contributed by atoms with Crippen molar-refractivity contribution in [1.29, 1.82) is 0 Å². The zero-order chi connectivity index (χ0) is 11.0. The van der Waals surface area contributed by atoms with Crippen molar-refractivity contribution >= 4 is 10.9 Å². The topological polar surface area (TPSA) is 45.2 Å². The molecular weight excluding hydrogens is 202 g/mol. The highest BCUT2D eigenvalue weighted by atomic mass is 16.5. The molecule has 0 amide bonds. The average Bonchev–Trinajstić information content (AvgIpc) is 2.77. The third kappa shape index (κ3) is 1.52. The van der Waals surface area contributed by atoms with Crippen LogP contribution in [0.15, 0.2) is 30.5 Å². The van der Waals surface area contributed by atoms with Gasteiger partial charge in [-0.05, 0) is 42.0 Å². The molecule has 1 fully saturated rings. The molecule has 1 atom stereocenters. The highest BCUT2D eigenvalue weighted by molar-refractivity contribution is 5.80. The van der Waals surface area contributed by atoms with Gasteiger partial charge in [0.25, 0.3) is 0 Å². The van der Waals surface area contributed by atoms with E-state index in [0.717, 1.165) is 35.9 Å². The fourth-order valence-electron chi connectivity index (χ4n) is 2.35. The van der Waals surface area contributed by atoms with Gasteiger partial charge in [0.15, 0.2) is 0 Å². The Morgan fingerprint density at radius 1 is 1.31 bits per heavy atom. The Morgan fingerprint density at radius 2 is 2.25 bits per heavy atom. The van der Waals surface area contributed by atoms with Crippen molar-refractivity contribution in [1.82, 2.24) is 4.98 Å². The summed E-state index contributed by atoms with van der Waals surface area (Å²) in [5.41, 5.74) is 1.26. The fraction of sp³-hybridized carbons (Fsp3) is 0.385. The first-order valence-electron chi connectivity index (χ1n) is 5.66. The standard InChI is InChI=1S/C13H15NO2/c15-13(5-1-7-16-9-13)11-2-3-12-10(8-11)4-6-14-12/h2-4,6,8,14-15H,1,5,7,9H2. The van der Waals surface area contributed by atoms with Gasteiger partial charge in [-0.15, -0.1) is 0 Å². The molecule has 0 spiro atoms. The van der Waals surface area contributed by atoms with Crippen molar-refractivity contribution in [2.45, 2.75) is 18.4 Å². The predicted octanol–water partition coefficient (Wildman–Crippen LogP) is 2.17. The van der Waals surface area contributed by atoms with Gasteiger partial charge >= 0.3 is 0 Å². The molecular formula is C13H15NO2. The number of aromatic nitrogens is 1. The lowest BCUT2D eigenvalue weighted by Gasteiger charge is -2.32. The number of rotatable bonds is 1. The second-order valence-electron chi connectivity index (χ2n) is 4.47. The Hall–Kier alpha value is -1.32. The van der Waals surface area contributed by atoms with Gasteiger partial charge in [-0.3, -0.25) is 0 Å². The summed E-state index contributed by atoms with van der Waals surface area (Å²) >= 11 is 0. The third-order valence-electron chi connectivity index (χ3n) is 3.31. The van der Waals surface area contributed by atoms with E-state index >= 15 is 0 Å². The Kier molecular flexibility index (Phi) is 2.23. The monoisotopic (exact) mass is 217 g/mol. The van der Waals surface area contributed by atoms with Gasteiger partial charge in [0.2, 0.25) is 0 Å². The lowest BCUT2D eigenvalue weighted by Crippen LogP contribution is -2.35. The fourth-order valence-corrected chi connectivity index (χ4v) is 2.35. The minimum atomic E-state index is -0.802. The highest BCUT2D eigenvalue weighted by Crippen LogP contribution is 2.31. The van der Waals surface area contributed by atoms with E-state index in [1.165, 1.54) is 0 Å². The van der Waals surface area contributed by atoms with Crippen molar-refractivity contribution < 1.29 is 9.84 Å². The molecule has 0 radical (unpaired) electrons. The molecule has 1 aromatic carbocycles. The van der Waals surface area contributed by atoms with Crippen molar-refractivity contribution in [3.63, 3.8) is 0 Å². The molecule has 0 bridgehead atoms. The summed E-state index contributed by atoms with van der Waals surface area (Å²) in [7, 11) is 0. The second-order valence-corrected chi connectivity index (χ2v) is 4.47. The molecule has 1 unspecified atom stereocenters. The van der Waals surface area contributed by atoms with Gasteiger partial charge in [0.05, 0.1) is 6.61 Å². The molecule has 1 aliphatic heterocycles. The molecule has 2 aromatic rings. The predicted molar refractivity (Wildman–Crippen MR) is 62.2 cm³/mol. The summed E-state index contributed by atoms with van der Waals surface area (Å²) in [6.07, 6.45) is 3.61. The van der Waals surface area contributed by atoms with Crippen LogP contribution in [0.1, 0.15) is 18.4 Å². The van der Waals surface area contributed by atoms with Gasteiger partial charge in [-0.2, -0.15) is 0 Å². The quantitative estimate of drug-likeness (QED) is 0.769. The van der Waals surface area contributed by atoms with E-state index in [9.17, 15) is 5.11 Å². The minimum Gasteiger partial charge on any atom is -0.383 e. The Balaban J connectivity index is 2.03. The molecule has 1 aromatic heterocycles. The lowest BCUT2D eigenvalue weighted by molar-refractivity contribution is -0.0902. The van der Waals surface area contributed by atoms with Gasteiger partial charge in [0, 0.05) is 18.3 Å². The summed E-state index contributed by atoms with van der Waals surface area (Å²) in [4.78, 5) is 3.15. The molecule has 0 saturated carbocycles. The Bertz CT molecular complexity index is 497. The number of aliphatic hydroxyl groups is 1. The highest BCUT2D eigenvalue weighted by Gasteiger charge is 2.32. The number of hydrogen-bond donors (Lipinski definition) is 2. The number of aromatic amines is 1. The van der Waals surface area contributed by atoms with E-state index in [-0.39, 0.29) is 0 Å². The summed E-state index contributed by atoms with van der Waals surface area (Å²) in [6, 6.07) is 8.05. The van der Waals surface area contributed by atoms with E-state index in [2.05, 4.69) is 4.98 Å². The van der Waals surface area contributed by atoms with Crippen LogP contribution in [-0.4, -0.2) is 23.3 Å². The molecule has 84 valence electrons. The second kappa shape index (κ2) is 3.61. The molecule has 3 heteroatoms. The molecule has 3 nitrogen and oxygen atoms in total. The van der Waals surface area contributed by atoms with Crippen molar-refractivity contribution in [2.24, 2.45) is 0 Å². The van der Waals surface area contributed by atoms with Crippen molar-refractivity contribution in [3.8, 4) is 0 Å². The van der Waals surface area contributed by atoms with Crippen LogP contribution in [0.4, 0.5) is 0 Å². The van der Waals surface area contributed by atoms with E-state index in [1.807, 2.05) is 30.5 Å². The molecule has 3 rings (SSSR count). The van der Waals surface area contributed by atoms with E-state index in [0.29, 0.717) is 6.61 Å². The molecule has 0 aliphatic carbocycles. The maximum absolute atomic E-state index is 10.5. The SMILES string of the molecule is OC1(c2ccc3[nH]ccc3c2)CCCOC1. The number of ether oxygens (including phenoxy) is 1. The molecule has 2 N–H and O–H groups in total. The average molecular weight is 217 g/mol. The molecule has 2 heterocycles. The minimum absolute atomic E-state index is 0.406. The third-order valence-corrected chi connectivity index (χ3v) is 3.31. The maximum Gasteiger partial charge on any atom is 0.113 e. The van der Waals surface area contributed by atoms with Gasteiger partial charge < -0.3 is 14.8 Å².